The van der Waals surface area contributed by atoms with Crippen LogP contribution >= 0.6 is 11.6 Å². The van der Waals surface area contributed by atoms with Crippen molar-refractivity contribution in [2.24, 2.45) is 0 Å². The third-order valence-electron chi connectivity index (χ3n) is 4.06. The Morgan fingerprint density at radius 1 is 1.04 bits per heavy atom. The Morgan fingerprint density at radius 2 is 1.87 bits per heavy atom. The average Bonchev–Trinajstić information content (AvgIpc) is 2.92. The molecule has 0 N–H and O–H groups in total. The summed E-state index contributed by atoms with van der Waals surface area (Å²) in [5.41, 5.74) is 1.94. The molecule has 3 aromatic rings. The van der Waals surface area contributed by atoms with Crippen molar-refractivity contribution in [1.29, 1.82) is 0 Å². The summed E-state index contributed by atoms with van der Waals surface area (Å²) >= 11 is 5.92. The average molecular weight is 348 g/mol. The lowest BCUT2D eigenvalue weighted by atomic mass is 10.3. The van der Waals surface area contributed by atoms with Crippen LogP contribution < -0.4 is 0 Å². The van der Waals surface area contributed by atoms with Crippen molar-refractivity contribution in [3.05, 3.63) is 59.4 Å². The molecule has 0 saturated carbocycles. The van der Waals surface area contributed by atoms with E-state index in [1.54, 1.807) is 18.2 Å². The number of nitrogens with zero attached hydrogens (tertiary/aromatic N) is 3. The number of sulfonamides is 1. The number of para-hydroxylation sites is 2. The predicted octanol–water partition coefficient (Wildman–Crippen LogP) is 2.89. The van der Waals surface area contributed by atoms with Gasteiger partial charge in [0.1, 0.15) is 5.82 Å². The molecule has 0 spiro atoms. The Kier molecular flexibility index (Phi) is 3.41. The molecule has 1 aliphatic heterocycles. The van der Waals surface area contributed by atoms with Crippen LogP contribution in [-0.4, -0.2) is 28.8 Å². The molecule has 1 aliphatic rings. The minimum Gasteiger partial charge on any atom is -0.326 e. The van der Waals surface area contributed by atoms with Gasteiger partial charge in [0.2, 0.25) is 10.0 Å². The summed E-state index contributed by atoms with van der Waals surface area (Å²) in [4.78, 5) is 4.78. The Labute approximate surface area is 139 Å². The summed E-state index contributed by atoms with van der Waals surface area (Å²) in [6.45, 7) is 1.28. The van der Waals surface area contributed by atoms with Crippen molar-refractivity contribution in [2.45, 2.75) is 18.0 Å². The summed E-state index contributed by atoms with van der Waals surface area (Å²) in [5.74, 6) is 0.767. The molecule has 0 unspecified atom stereocenters. The van der Waals surface area contributed by atoms with E-state index < -0.39 is 10.0 Å². The maximum absolute atomic E-state index is 12.8. The van der Waals surface area contributed by atoms with Crippen molar-refractivity contribution in [3.63, 3.8) is 0 Å². The fourth-order valence-electron chi connectivity index (χ4n) is 2.93. The lowest BCUT2D eigenvalue weighted by Gasteiger charge is -2.27. The summed E-state index contributed by atoms with van der Waals surface area (Å²) in [5, 5.41) is 0.412. The highest BCUT2D eigenvalue weighted by molar-refractivity contribution is 7.89. The molecule has 4 rings (SSSR count). The zero-order valence-electron chi connectivity index (χ0n) is 12.2. The van der Waals surface area contributed by atoms with Crippen LogP contribution in [0.15, 0.2) is 53.4 Å². The molecule has 0 saturated heterocycles. The first-order valence-electron chi connectivity index (χ1n) is 7.25. The number of halogens is 1. The number of rotatable bonds is 2. The van der Waals surface area contributed by atoms with Crippen LogP contribution in [0.5, 0.6) is 0 Å². The van der Waals surface area contributed by atoms with E-state index in [1.807, 2.05) is 24.3 Å². The second-order valence-electron chi connectivity index (χ2n) is 5.46. The van der Waals surface area contributed by atoms with Crippen molar-refractivity contribution in [3.8, 4) is 0 Å². The molecule has 0 aliphatic carbocycles. The minimum absolute atomic E-state index is 0.217. The van der Waals surface area contributed by atoms with Gasteiger partial charge >= 0.3 is 0 Å². The number of fused-ring (bicyclic) bond motifs is 3. The van der Waals surface area contributed by atoms with Gasteiger partial charge in [-0.3, -0.25) is 0 Å². The van der Waals surface area contributed by atoms with E-state index in [0.29, 0.717) is 18.1 Å². The van der Waals surface area contributed by atoms with Crippen LogP contribution in [-0.2, 0) is 23.1 Å². The summed E-state index contributed by atoms with van der Waals surface area (Å²) in [7, 11) is -3.57. The first kappa shape index (κ1) is 14.7. The third-order valence-corrected chi connectivity index (χ3v) is 6.13. The molecule has 0 bridgehead atoms. The lowest BCUT2D eigenvalue weighted by molar-refractivity contribution is 0.339. The van der Waals surface area contributed by atoms with Crippen molar-refractivity contribution in [2.75, 3.05) is 6.54 Å². The number of hydrogen-bond donors (Lipinski definition) is 0. The van der Waals surface area contributed by atoms with Crippen LogP contribution in [0.4, 0.5) is 0 Å². The quantitative estimate of drug-likeness (QED) is 0.716. The highest BCUT2D eigenvalue weighted by atomic mass is 35.5. The standard InChI is InChI=1S/C16H14ClN3O2S/c17-12-4-3-5-13(10-12)23(21,22)19-8-9-20-15-7-2-1-6-14(15)18-16(20)11-19/h1-7,10H,8-9,11H2. The second-order valence-corrected chi connectivity index (χ2v) is 7.84. The van der Waals surface area contributed by atoms with E-state index in [1.165, 1.54) is 10.4 Å². The second kappa shape index (κ2) is 5.33. The van der Waals surface area contributed by atoms with E-state index in [4.69, 9.17) is 11.6 Å². The highest BCUT2D eigenvalue weighted by Gasteiger charge is 2.30. The van der Waals surface area contributed by atoms with Crippen LogP contribution in [0.1, 0.15) is 5.82 Å². The van der Waals surface area contributed by atoms with Crippen LogP contribution in [0.25, 0.3) is 11.0 Å². The zero-order chi connectivity index (χ0) is 16.0. The van der Waals surface area contributed by atoms with Crippen LogP contribution in [0, 0.1) is 0 Å². The highest BCUT2D eigenvalue weighted by Crippen LogP contribution is 2.26. The van der Waals surface area contributed by atoms with Gasteiger partial charge in [0.25, 0.3) is 0 Å². The lowest BCUT2D eigenvalue weighted by Crippen LogP contribution is -2.38. The fourth-order valence-corrected chi connectivity index (χ4v) is 4.61. The van der Waals surface area contributed by atoms with Crippen molar-refractivity contribution < 1.29 is 8.42 Å². The van der Waals surface area contributed by atoms with Crippen LogP contribution in [0.3, 0.4) is 0 Å². The first-order chi connectivity index (χ1) is 11.1. The monoisotopic (exact) mass is 347 g/mol. The summed E-state index contributed by atoms with van der Waals surface area (Å²) < 4.78 is 29.1. The molecule has 0 amide bonds. The third kappa shape index (κ3) is 2.43. The molecule has 0 fully saturated rings. The number of aromatic nitrogens is 2. The zero-order valence-corrected chi connectivity index (χ0v) is 13.8. The molecule has 0 radical (unpaired) electrons. The fraction of sp³-hybridized carbons (Fsp3) is 0.188. The van der Waals surface area contributed by atoms with E-state index in [0.717, 1.165) is 16.9 Å². The van der Waals surface area contributed by atoms with Gasteiger partial charge in [-0.25, -0.2) is 13.4 Å². The van der Waals surface area contributed by atoms with Gasteiger partial charge in [-0.05, 0) is 30.3 Å². The van der Waals surface area contributed by atoms with Gasteiger partial charge < -0.3 is 4.57 Å². The van der Waals surface area contributed by atoms with Gasteiger partial charge in [0.05, 0.1) is 22.5 Å². The molecule has 0 atom stereocenters. The normalized spacial score (nSPS) is 15.7. The molecule has 118 valence electrons. The molecular formula is C16H14ClN3O2S. The van der Waals surface area contributed by atoms with E-state index >= 15 is 0 Å². The van der Waals surface area contributed by atoms with Gasteiger partial charge in [0, 0.05) is 18.1 Å². The summed E-state index contributed by atoms with van der Waals surface area (Å²) in [6.07, 6.45) is 0. The molecule has 2 aromatic carbocycles. The largest absolute Gasteiger partial charge is 0.326 e. The molecule has 23 heavy (non-hydrogen) atoms. The molecule has 1 aromatic heterocycles. The predicted molar refractivity (Wildman–Crippen MR) is 88.8 cm³/mol. The van der Waals surface area contributed by atoms with Crippen LogP contribution in [0.2, 0.25) is 5.02 Å². The molecule has 5 nitrogen and oxygen atoms in total. The SMILES string of the molecule is O=S(=O)(c1cccc(Cl)c1)N1CCn2c(nc3ccccc32)C1. The Hall–Kier alpha value is -1.89. The van der Waals surface area contributed by atoms with Gasteiger partial charge in [-0.1, -0.05) is 29.8 Å². The minimum atomic E-state index is -3.57. The molecular weight excluding hydrogens is 334 g/mol. The van der Waals surface area contributed by atoms with E-state index in [-0.39, 0.29) is 11.4 Å². The Balaban J connectivity index is 1.72. The molecule has 2 heterocycles. The van der Waals surface area contributed by atoms with Crippen molar-refractivity contribution in [1.82, 2.24) is 13.9 Å². The van der Waals surface area contributed by atoms with E-state index in [9.17, 15) is 8.42 Å². The Bertz CT molecular complexity index is 997. The van der Waals surface area contributed by atoms with Crippen molar-refractivity contribution >= 4 is 32.7 Å². The van der Waals surface area contributed by atoms with Gasteiger partial charge in [0.15, 0.2) is 0 Å². The maximum Gasteiger partial charge on any atom is 0.243 e. The maximum atomic E-state index is 12.8. The summed E-state index contributed by atoms with van der Waals surface area (Å²) in [6, 6.07) is 14.2. The smallest absolute Gasteiger partial charge is 0.243 e. The Morgan fingerprint density at radius 3 is 2.70 bits per heavy atom. The van der Waals surface area contributed by atoms with Gasteiger partial charge in [-0.2, -0.15) is 4.31 Å². The molecule has 7 heteroatoms. The number of benzene rings is 2. The first-order valence-corrected chi connectivity index (χ1v) is 9.07. The van der Waals surface area contributed by atoms with Gasteiger partial charge in [-0.15, -0.1) is 0 Å². The number of imidazole rings is 1. The topological polar surface area (TPSA) is 55.2 Å². The number of hydrogen-bond acceptors (Lipinski definition) is 3. The van der Waals surface area contributed by atoms with E-state index in [2.05, 4.69) is 9.55 Å².